The minimum absolute atomic E-state index is 0.104. The lowest BCUT2D eigenvalue weighted by atomic mass is 10.0. The Hall–Kier alpha value is -1.10. The Morgan fingerprint density at radius 3 is 2.82 bits per heavy atom. The maximum atomic E-state index is 12.2. The van der Waals surface area contributed by atoms with Gasteiger partial charge in [0, 0.05) is 38.6 Å². The van der Waals surface area contributed by atoms with E-state index in [-0.39, 0.29) is 23.8 Å². The predicted molar refractivity (Wildman–Crippen MR) is 64.2 cm³/mol. The van der Waals surface area contributed by atoms with Gasteiger partial charge in [0.25, 0.3) is 0 Å². The summed E-state index contributed by atoms with van der Waals surface area (Å²) in [4.78, 5) is 27.4. The van der Waals surface area contributed by atoms with Gasteiger partial charge in [-0.1, -0.05) is 0 Å². The normalized spacial score (nSPS) is 29.9. The van der Waals surface area contributed by atoms with Crippen molar-refractivity contribution in [2.45, 2.75) is 32.2 Å². The van der Waals surface area contributed by atoms with Gasteiger partial charge in [0.05, 0.1) is 5.92 Å². The zero-order valence-electron chi connectivity index (χ0n) is 10.4. The molecule has 0 radical (unpaired) electrons. The number of nitrogens with two attached hydrogens (primary N) is 1. The molecule has 5 heteroatoms. The van der Waals surface area contributed by atoms with Crippen molar-refractivity contribution in [1.29, 1.82) is 0 Å². The molecule has 96 valence electrons. The highest BCUT2D eigenvalue weighted by molar-refractivity contribution is 5.89. The molecule has 0 aliphatic carbocycles. The molecule has 0 unspecified atom stereocenters. The molecule has 2 aliphatic rings. The number of carbonyl (C=O) groups excluding carboxylic acids is 2. The van der Waals surface area contributed by atoms with Gasteiger partial charge in [0.1, 0.15) is 0 Å². The number of carbonyl (C=O) groups is 2. The highest BCUT2D eigenvalue weighted by Crippen LogP contribution is 2.21. The highest BCUT2D eigenvalue weighted by atomic mass is 16.2. The maximum Gasteiger partial charge on any atom is 0.228 e. The fraction of sp³-hybridized carbons (Fsp3) is 0.833. The third kappa shape index (κ3) is 2.60. The minimum Gasteiger partial charge on any atom is -0.342 e. The second-order valence-electron chi connectivity index (χ2n) is 5.02. The summed E-state index contributed by atoms with van der Waals surface area (Å²) in [6, 6.07) is 0.104. The van der Waals surface area contributed by atoms with Crippen LogP contribution < -0.4 is 5.73 Å². The van der Waals surface area contributed by atoms with Crippen LogP contribution in [-0.2, 0) is 9.59 Å². The molecule has 5 nitrogen and oxygen atoms in total. The van der Waals surface area contributed by atoms with Crippen molar-refractivity contribution in [2.75, 3.05) is 26.2 Å². The number of rotatable bonds is 2. The average Bonchev–Trinajstić information content (AvgIpc) is 2.69. The van der Waals surface area contributed by atoms with Crippen LogP contribution >= 0.6 is 0 Å². The second kappa shape index (κ2) is 5.04. The molecule has 2 amide bonds. The van der Waals surface area contributed by atoms with Gasteiger partial charge in [0.15, 0.2) is 0 Å². The van der Waals surface area contributed by atoms with Crippen molar-refractivity contribution in [3.8, 4) is 0 Å². The number of hydrogen-bond acceptors (Lipinski definition) is 3. The molecule has 2 N–H and O–H groups in total. The molecule has 2 rings (SSSR count). The minimum atomic E-state index is -0.146. The zero-order valence-corrected chi connectivity index (χ0v) is 10.4. The van der Waals surface area contributed by atoms with Gasteiger partial charge >= 0.3 is 0 Å². The largest absolute Gasteiger partial charge is 0.342 e. The van der Waals surface area contributed by atoms with Crippen LogP contribution in [0.15, 0.2) is 0 Å². The van der Waals surface area contributed by atoms with Gasteiger partial charge in [-0.3, -0.25) is 9.59 Å². The zero-order chi connectivity index (χ0) is 12.4. The van der Waals surface area contributed by atoms with Crippen LogP contribution in [0.25, 0.3) is 0 Å². The Labute approximate surface area is 102 Å². The van der Waals surface area contributed by atoms with E-state index >= 15 is 0 Å². The summed E-state index contributed by atoms with van der Waals surface area (Å²) in [5.74, 6) is 0.0735. The van der Waals surface area contributed by atoms with Crippen molar-refractivity contribution >= 4 is 11.8 Å². The number of amides is 2. The Morgan fingerprint density at radius 1 is 1.47 bits per heavy atom. The average molecular weight is 239 g/mol. The van der Waals surface area contributed by atoms with E-state index in [2.05, 4.69) is 0 Å². The van der Waals surface area contributed by atoms with E-state index < -0.39 is 0 Å². The van der Waals surface area contributed by atoms with Gasteiger partial charge < -0.3 is 15.5 Å². The third-order valence-electron chi connectivity index (χ3n) is 3.71. The van der Waals surface area contributed by atoms with E-state index in [1.807, 2.05) is 11.8 Å². The topological polar surface area (TPSA) is 66.6 Å². The Kier molecular flexibility index (Phi) is 3.66. The third-order valence-corrected chi connectivity index (χ3v) is 3.71. The van der Waals surface area contributed by atoms with Crippen LogP contribution in [0.5, 0.6) is 0 Å². The molecule has 2 saturated heterocycles. The Bertz CT molecular complexity index is 319. The number of hydrogen-bond donors (Lipinski definition) is 1. The fourth-order valence-corrected chi connectivity index (χ4v) is 2.71. The maximum absolute atomic E-state index is 12.2. The SMILES string of the molecule is CCN1C[C@H](C(=O)N2CCC[C@H](N)C2)CC1=O. The summed E-state index contributed by atoms with van der Waals surface area (Å²) in [6.07, 6.45) is 2.35. The highest BCUT2D eigenvalue weighted by Gasteiger charge is 2.36. The fourth-order valence-electron chi connectivity index (χ4n) is 2.71. The van der Waals surface area contributed by atoms with Crippen LogP contribution in [0.4, 0.5) is 0 Å². The van der Waals surface area contributed by atoms with Crippen molar-refractivity contribution in [3.05, 3.63) is 0 Å². The first-order valence-electron chi connectivity index (χ1n) is 6.44. The molecule has 0 aromatic heterocycles. The molecular formula is C12H21N3O2. The van der Waals surface area contributed by atoms with Crippen LogP contribution in [0.1, 0.15) is 26.2 Å². The Balaban J connectivity index is 1.94. The molecule has 17 heavy (non-hydrogen) atoms. The van der Waals surface area contributed by atoms with Crippen LogP contribution in [0.3, 0.4) is 0 Å². The molecule has 2 fully saturated rings. The first-order chi connectivity index (χ1) is 8.11. The van der Waals surface area contributed by atoms with Crippen LogP contribution in [0, 0.1) is 5.92 Å². The lowest BCUT2D eigenvalue weighted by Crippen LogP contribution is -2.48. The number of nitrogens with zero attached hydrogens (tertiary/aromatic N) is 2. The first-order valence-corrected chi connectivity index (χ1v) is 6.44. The van der Waals surface area contributed by atoms with E-state index in [9.17, 15) is 9.59 Å². The summed E-state index contributed by atoms with van der Waals surface area (Å²) in [7, 11) is 0. The van der Waals surface area contributed by atoms with Crippen molar-refractivity contribution in [1.82, 2.24) is 9.80 Å². The van der Waals surface area contributed by atoms with Crippen molar-refractivity contribution in [2.24, 2.45) is 11.7 Å². The quantitative estimate of drug-likeness (QED) is 0.726. The van der Waals surface area contributed by atoms with Gasteiger partial charge in [-0.25, -0.2) is 0 Å². The van der Waals surface area contributed by atoms with Gasteiger partial charge in [0.2, 0.25) is 11.8 Å². The molecule has 2 heterocycles. The lowest BCUT2D eigenvalue weighted by Gasteiger charge is -2.32. The first kappa shape index (κ1) is 12.4. The van der Waals surface area contributed by atoms with Crippen molar-refractivity contribution < 1.29 is 9.59 Å². The summed E-state index contributed by atoms with van der Waals surface area (Å²) in [6.45, 7) is 4.67. The van der Waals surface area contributed by atoms with Gasteiger partial charge in [-0.2, -0.15) is 0 Å². The summed E-state index contributed by atoms with van der Waals surface area (Å²) >= 11 is 0. The van der Waals surface area contributed by atoms with E-state index in [1.54, 1.807) is 4.90 Å². The molecule has 0 saturated carbocycles. The molecule has 2 atom stereocenters. The number of likely N-dealkylation sites (tertiary alicyclic amines) is 2. The van der Waals surface area contributed by atoms with Gasteiger partial charge in [-0.15, -0.1) is 0 Å². The molecule has 0 bridgehead atoms. The summed E-state index contributed by atoms with van der Waals surface area (Å²) in [5.41, 5.74) is 5.87. The van der Waals surface area contributed by atoms with E-state index in [0.717, 1.165) is 19.4 Å². The van der Waals surface area contributed by atoms with Crippen LogP contribution in [-0.4, -0.2) is 53.8 Å². The van der Waals surface area contributed by atoms with Crippen LogP contribution in [0.2, 0.25) is 0 Å². The predicted octanol–water partition coefficient (Wildman–Crippen LogP) is -0.195. The smallest absolute Gasteiger partial charge is 0.228 e. The Morgan fingerprint density at radius 2 is 2.24 bits per heavy atom. The molecule has 0 spiro atoms. The van der Waals surface area contributed by atoms with Crippen molar-refractivity contribution in [3.63, 3.8) is 0 Å². The van der Waals surface area contributed by atoms with E-state index in [4.69, 9.17) is 5.73 Å². The molecule has 0 aromatic carbocycles. The van der Waals surface area contributed by atoms with Gasteiger partial charge in [-0.05, 0) is 19.8 Å². The second-order valence-corrected chi connectivity index (χ2v) is 5.02. The standard InChI is InChI=1S/C12H21N3O2/c1-2-14-7-9(6-11(14)16)12(17)15-5-3-4-10(13)8-15/h9-10H,2-8,13H2,1H3/t9-,10+/m1/s1. The summed E-state index contributed by atoms with van der Waals surface area (Å²) in [5, 5.41) is 0. The lowest BCUT2D eigenvalue weighted by molar-refractivity contribution is -0.137. The molecule has 0 aromatic rings. The monoisotopic (exact) mass is 239 g/mol. The molecular weight excluding hydrogens is 218 g/mol. The summed E-state index contributed by atoms with van der Waals surface area (Å²) < 4.78 is 0. The van der Waals surface area contributed by atoms with E-state index in [0.29, 0.717) is 26.1 Å². The molecule has 2 aliphatic heterocycles. The number of piperidine rings is 1. The van der Waals surface area contributed by atoms with E-state index in [1.165, 1.54) is 0 Å².